The Morgan fingerprint density at radius 2 is 0.568 bits per heavy atom. The highest BCUT2D eigenvalue weighted by Gasteiger charge is 2.30. The van der Waals surface area contributed by atoms with Gasteiger partial charge in [-0.05, 0) is 57.3 Å². The number of phosphoric acid groups is 2. The molecule has 17 nitrogen and oxygen atoms in total. The van der Waals surface area contributed by atoms with Crippen molar-refractivity contribution in [3.05, 3.63) is 24.3 Å². The molecule has 0 rings (SSSR count). The third kappa shape index (κ3) is 69.8. The van der Waals surface area contributed by atoms with Crippen molar-refractivity contribution in [1.29, 1.82) is 0 Å². The third-order valence-electron chi connectivity index (χ3n) is 17.2. The molecule has 0 spiro atoms. The van der Waals surface area contributed by atoms with Gasteiger partial charge in [0, 0.05) is 25.7 Å². The summed E-state index contributed by atoms with van der Waals surface area (Å²) in [6.07, 6.45) is 60.5. The number of unbranched alkanes of at least 4 members (excludes halogenated alkanes) is 43. The molecule has 0 aromatic rings. The summed E-state index contributed by atoms with van der Waals surface area (Å²) in [5, 5.41) is 10.6. The van der Waals surface area contributed by atoms with Gasteiger partial charge in [-0.15, -0.1) is 0 Å². The van der Waals surface area contributed by atoms with Gasteiger partial charge in [-0.2, -0.15) is 0 Å². The number of rotatable bonds is 74. The van der Waals surface area contributed by atoms with Gasteiger partial charge in [-0.3, -0.25) is 37.3 Å². The molecule has 0 saturated heterocycles. The molecule has 0 fully saturated rings. The molecule has 0 bridgehead atoms. The second kappa shape index (κ2) is 68.7. The van der Waals surface area contributed by atoms with E-state index >= 15 is 0 Å². The summed E-state index contributed by atoms with van der Waals surface area (Å²) in [6, 6.07) is 0. The van der Waals surface area contributed by atoms with E-state index in [1.54, 1.807) is 0 Å². The molecule has 0 aromatic carbocycles. The Labute approximate surface area is 580 Å². The fourth-order valence-electron chi connectivity index (χ4n) is 11.2. The molecule has 0 saturated carbocycles. The summed E-state index contributed by atoms with van der Waals surface area (Å²) in [5.74, 6) is -1.35. The van der Waals surface area contributed by atoms with Crippen LogP contribution >= 0.6 is 15.6 Å². The molecule has 0 aliphatic carbocycles. The molecule has 0 aliphatic heterocycles. The van der Waals surface area contributed by atoms with Gasteiger partial charge in [-0.25, -0.2) is 9.13 Å². The summed E-state index contributed by atoms with van der Waals surface area (Å²) in [4.78, 5) is 72.7. The Bertz CT molecular complexity index is 1920. The number of aliphatic hydroxyl groups is 1. The van der Waals surface area contributed by atoms with E-state index in [0.717, 1.165) is 128 Å². The molecular weight excluding hydrogens is 1250 g/mol. The smallest absolute Gasteiger partial charge is 0.462 e. The number of aliphatic hydroxyl groups excluding tert-OH is 1. The number of allylic oxidation sites excluding steroid dienone is 4. The predicted molar refractivity (Wildman–Crippen MR) is 386 cm³/mol. The number of hydrogen-bond acceptors (Lipinski definition) is 15. The largest absolute Gasteiger partial charge is 0.472 e. The highest BCUT2D eigenvalue weighted by molar-refractivity contribution is 7.47. The van der Waals surface area contributed by atoms with E-state index in [0.29, 0.717) is 25.7 Å². The minimum absolute atomic E-state index is 0.101. The van der Waals surface area contributed by atoms with E-state index in [4.69, 9.17) is 37.0 Å². The van der Waals surface area contributed by atoms with Crippen LogP contribution in [0.3, 0.4) is 0 Å². The van der Waals surface area contributed by atoms with Crippen LogP contribution < -0.4 is 0 Å². The van der Waals surface area contributed by atoms with Gasteiger partial charge in [0.25, 0.3) is 0 Å². The summed E-state index contributed by atoms with van der Waals surface area (Å²) in [6.45, 7) is 7.21. The predicted octanol–water partition coefficient (Wildman–Crippen LogP) is 22.0. The lowest BCUT2D eigenvalue weighted by Crippen LogP contribution is -2.30. The summed E-state index contributed by atoms with van der Waals surface area (Å²) < 4.78 is 68.4. The van der Waals surface area contributed by atoms with Crippen LogP contribution in [0.2, 0.25) is 0 Å². The van der Waals surface area contributed by atoms with Gasteiger partial charge in [0.05, 0.1) is 26.4 Å². The number of phosphoric ester groups is 2. The fourth-order valence-corrected chi connectivity index (χ4v) is 12.7. The highest BCUT2D eigenvalue weighted by atomic mass is 31.2. The van der Waals surface area contributed by atoms with Crippen molar-refractivity contribution in [2.24, 2.45) is 5.92 Å². The van der Waals surface area contributed by atoms with E-state index in [-0.39, 0.29) is 25.7 Å². The van der Waals surface area contributed by atoms with Crippen LogP contribution in [0.25, 0.3) is 0 Å². The van der Waals surface area contributed by atoms with Gasteiger partial charge in [-0.1, -0.05) is 322 Å². The van der Waals surface area contributed by atoms with E-state index in [2.05, 4.69) is 58.9 Å². The minimum atomic E-state index is -4.96. The SMILES string of the molecule is CCCCCC/C=C\C=C/CCCCCCCC(=O)OC[C@H](COP(=O)(O)OC[C@@H](O)COP(=O)(O)OC[C@@H](COC(=O)CCCCCCCCC)OC(=O)CCCCCCCCCCCCCCCCC)OC(=O)CCCCCCCCCCCCCCCCCC(C)C. The molecule has 0 amide bonds. The normalized spacial score (nSPS) is 14.1. The van der Waals surface area contributed by atoms with Gasteiger partial charge in [0.15, 0.2) is 12.2 Å². The number of ether oxygens (including phenoxy) is 4. The second-order valence-electron chi connectivity index (χ2n) is 27.2. The van der Waals surface area contributed by atoms with E-state index in [9.17, 15) is 43.2 Å². The Morgan fingerprint density at radius 3 is 0.863 bits per heavy atom. The van der Waals surface area contributed by atoms with Crippen molar-refractivity contribution in [2.45, 2.75) is 393 Å². The van der Waals surface area contributed by atoms with Crippen LogP contribution in [0.1, 0.15) is 375 Å². The summed E-state index contributed by atoms with van der Waals surface area (Å²) in [5.41, 5.74) is 0. The standard InChI is InChI=1S/C76H144O17P2/c1-6-9-12-15-18-20-22-24-27-32-36-40-45-50-55-60-74(79)87-66-72(93-76(81)62-57-52-47-42-38-34-30-26-29-31-35-39-44-48-53-58-69(4)5)68-91-95(84,85)89-64-70(77)63-88-94(82,83)90-67-71(65-86-73(78)59-54-49-43-17-14-11-8-3)92-75(80)61-56-51-46-41-37-33-28-25-23-21-19-16-13-10-7-2/h20,22,24,27,69-72,77H,6-19,21,23,25-26,28-68H2,1-5H3,(H,82,83)(H,84,85)/b22-20-,27-24-/t70-,71+,72+/m0/s1. The minimum Gasteiger partial charge on any atom is -0.462 e. The molecule has 95 heavy (non-hydrogen) atoms. The zero-order valence-corrected chi connectivity index (χ0v) is 63.1. The van der Waals surface area contributed by atoms with Crippen LogP contribution in [0.15, 0.2) is 24.3 Å². The molecule has 0 aromatic heterocycles. The van der Waals surface area contributed by atoms with Crippen LogP contribution in [-0.4, -0.2) is 96.7 Å². The third-order valence-corrected chi connectivity index (χ3v) is 19.1. The van der Waals surface area contributed by atoms with E-state index in [1.165, 1.54) is 167 Å². The lowest BCUT2D eigenvalue weighted by molar-refractivity contribution is -0.161. The molecule has 0 radical (unpaired) electrons. The zero-order valence-electron chi connectivity index (χ0n) is 61.3. The van der Waals surface area contributed by atoms with Crippen LogP contribution in [0, 0.1) is 5.92 Å². The molecule has 2 unspecified atom stereocenters. The monoisotopic (exact) mass is 1390 g/mol. The summed E-state index contributed by atoms with van der Waals surface area (Å²) in [7, 11) is -9.92. The van der Waals surface area contributed by atoms with Gasteiger partial charge < -0.3 is 33.8 Å². The van der Waals surface area contributed by atoms with Crippen molar-refractivity contribution in [2.75, 3.05) is 39.6 Å². The van der Waals surface area contributed by atoms with Crippen LogP contribution in [-0.2, 0) is 65.4 Å². The molecule has 19 heteroatoms. The average Bonchev–Trinajstić information content (AvgIpc) is 1.41. The van der Waals surface area contributed by atoms with Crippen LogP contribution in [0.5, 0.6) is 0 Å². The summed E-state index contributed by atoms with van der Waals surface area (Å²) >= 11 is 0. The van der Waals surface area contributed by atoms with Crippen molar-refractivity contribution in [3.63, 3.8) is 0 Å². The van der Waals surface area contributed by atoms with Gasteiger partial charge in [0.2, 0.25) is 0 Å². The first-order valence-electron chi connectivity index (χ1n) is 39.0. The quantitative estimate of drug-likeness (QED) is 0.0169. The first-order chi connectivity index (χ1) is 46.0. The Morgan fingerprint density at radius 1 is 0.326 bits per heavy atom. The van der Waals surface area contributed by atoms with Crippen molar-refractivity contribution in [1.82, 2.24) is 0 Å². The highest BCUT2D eigenvalue weighted by Crippen LogP contribution is 2.45. The average molecular weight is 1390 g/mol. The second-order valence-corrected chi connectivity index (χ2v) is 30.1. The van der Waals surface area contributed by atoms with E-state index < -0.39 is 97.5 Å². The van der Waals surface area contributed by atoms with Gasteiger partial charge in [0.1, 0.15) is 19.3 Å². The number of carbonyl (C=O) groups is 4. The maximum atomic E-state index is 13.1. The number of hydrogen-bond donors (Lipinski definition) is 3. The maximum Gasteiger partial charge on any atom is 0.472 e. The fraction of sp³-hybridized carbons (Fsp3) is 0.895. The first-order valence-corrected chi connectivity index (χ1v) is 41.9. The Balaban J connectivity index is 5.22. The molecule has 0 aliphatic rings. The van der Waals surface area contributed by atoms with Crippen molar-refractivity contribution < 1.29 is 80.2 Å². The first kappa shape index (κ1) is 92.5. The lowest BCUT2D eigenvalue weighted by Gasteiger charge is -2.21. The van der Waals surface area contributed by atoms with Crippen molar-refractivity contribution in [3.8, 4) is 0 Å². The van der Waals surface area contributed by atoms with Gasteiger partial charge >= 0.3 is 39.5 Å². The zero-order chi connectivity index (χ0) is 69.8. The number of carbonyl (C=O) groups excluding carboxylic acids is 4. The van der Waals surface area contributed by atoms with Crippen LogP contribution in [0.4, 0.5) is 0 Å². The van der Waals surface area contributed by atoms with Crippen molar-refractivity contribution >= 4 is 39.5 Å². The number of esters is 4. The molecule has 0 heterocycles. The van der Waals surface area contributed by atoms with E-state index in [1.807, 2.05) is 0 Å². The Kier molecular flexibility index (Phi) is 66.9. The molecule has 3 N–H and O–H groups in total. The Hall–Kier alpha value is -2.46. The molecular formula is C76H144O17P2. The topological polar surface area (TPSA) is 237 Å². The molecule has 560 valence electrons. The lowest BCUT2D eigenvalue weighted by atomic mass is 10.0. The molecule has 5 atom stereocenters. The maximum absolute atomic E-state index is 13.1.